The van der Waals surface area contributed by atoms with Gasteiger partial charge in [-0.2, -0.15) is 0 Å². The van der Waals surface area contributed by atoms with Crippen LogP contribution < -0.4 is 0 Å². The van der Waals surface area contributed by atoms with Crippen LogP contribution in [0.2, 0.25) is 0 Å². The molecule has 0 saturated carbocycles. The molecule has 1 aromatic rings. The number of benzene rings is 1. The van der Waals surface area contributed by atoms with Gasteiger partial charge in [0.05, 0.1) is 6.61 Å². The van der Waals surface area contributed by atoms with E-state index in [-0.39, 0.29) is 6.29 Å². The molecule has 20 heavy (non-hydrogen) atoms. The van der Waals surface area contributed by atoms with Crippen LogP contribution in [-0.4, -0.2) is 13.4 Å². The van der Waals surface area contributed by atoms with E-state index in [4.69, 9.17) is 9.47 Å². The van der Waals surface area contributed by atoms with E-state index in [0.29, 0.717) is 6.61 Å². The number of methoxy groups -OCH3 is 1. The first-order valence-corrected chi connectivity index (χ1v) is 7.44. The maximum Gasteiger partial charge on any atom is 0.154 e. The lowest BCUT2D eigenvalue weighted by molar-refractivity contribution is -0.118. The number of allylic oxidation sites excluding steroid dienone is 2. The standard InChI is InChI=1S/C18H22O2/c1-13(19-2)20-12-18-16-9-5-3-7-14(16)11-15-8-4-6-10-17(15)18/h5-6,9-11,13H,3-4,7-8,12H2,1-2H3. The van der Waals surface area contributed by atoms with Crippen LogP contribution in [-0.2, 0) is 28.9 Å². The van der Waals surface area contributed by atoms with Gasteiger partial charge in [-0.15, -0.1) is 0 Å². The van der Waals surface area contributed by atoms with Gasteiger partial charge >= 0.3 is 0 Å². The SMILES string of the molecule is COC(C)OCc1c2c(cc3c1C=CCC3)CCC=C2. The van der Waals surface area contributed by atoms with E-state index in [9.17, 15) is 0 Å². The zero-order valence-corrected chi connectivity index (χ0v) is 12.3. The Morgan fingerprint density at radius 3 is 2.20 bits per heavy atom. The number of rotatable bonds is 4. The second-order valence-electron chi connectivity index (χ2n) is 5.50. The van der Waals surface area contributed by atoms with Crippen LogP contribution in [0.15, 0.2) is 18.2 Å². The van der Waals surface area contributed by atoms with E-state index in [1.54, 1.807) is 7.11 Å². The largest absolute Gasteiger partial charge is 0.356 e. The molecule has 0 fully saturated rings. The lowest BCUT2D eigenvalue weighted by Gasteiger charge is -2.23. The Morgan fingerprint density at radius 2 is 1.65 bits per heavy atom. The Hall–Kier alpha value is -1.38. The maximum atomic E-state index is 5.82. The summed E-state index contributed by atoms with van der Waals surface area (Å²) in [5.41, 5.74) is 7.01. The molecule has 106 valence electrons. The number of ether oxygens (including phenoxy) is 2. The quantitative estimate of drug-likeness (QED) is 0.766. The fraction of sp³-hybridized carbons (Fsp3) is 0.444. The van der Waals surface area contributed by atoms with Gasteiger partial charge in [0, 0.05) is 7.11 Å². The monoisotopic (exact) mass is 270 g/mol. The lowest BCUT2D eigenvalue weighted by Crippen LogP contribution is -2.14. The van der Waals surface area contributed by atoms with Crippen molar-refractivity contribution in [2.75, 3.05) is 7.11 Å². The molecule has 1 atom stereocenters. The first kappa shape index (κ1) is 13.6. The highest BCUT2D eigenvalue weighted by Crippen LogP contribution is 2.33. The fourth-order valence-electron chi connectivity index (χ4n) is 3.03. The Morgan fingerprint density at radius 1 is 1.05 bits per heavy atom. The summed E-state index contributed by atoms with van der Waals surface area (Å²) in [5.74, 6) is 0. The minimum atomic E-state index is -0.165. The van der Waals surface area contributed by atoms with Gasteiger partial charge < -0.3 is 9.47 Å². The van der Waals surface area contributed by atoms with Crippen LogP contribution in [0.25, 0.3) is 12.2 Å². The van der Waals surface area contributed by atoms with Crippen LogP contribution in [0.5, 0.6) is 0 Å². The molecule has 1 aromatic carbocycles. The highest BCUT2D eigenvalue weighted by atomic mass is 16.7. The Bertz CT molecular complexity index is 515. The van der Waals surface area contributed by atoms with Crippen molar-refractivity contribution in [1.29, 1.82) is 0 Å². The second-order valence-corrected chi connectivity index (χ2v) is 5.50. The number of aryl methyl sites for hydroxylation is 2. The van der Waals surface area contributed by atoms with Gasteiger partial charge in [-0.25, -0.2) is 0 Å². The van der Waals surface area contributed by atoms with Crippen molar-refractivity contribution < 1.29 is 9.47 Å². The molecular weight excluding hydrogens is 248 g/mol. The Kier molecular flexibility index (Phi) is 4.04. The Labute approximate surface area is 121 Å². The predicted molar refractivity (Wildman–Crippen MR) is 82.4 cm³/mol. The van der Waals surface area contributed by atoms with Crippen molar-refractivity contribution in [2.24, 2.45) is 0 Å². The van der Waals surface area contributed by atoms with Crippen LogP contribution in [0, 0.1) is 0 Å². The molecular formula is C18H22O2. The van der Waals surface area contributed by atoms with Crippen molar-refractivity contribution in [1.82, 2.24) is 0 Å². The van der Waals surface area contributed by atoms with E-state index < -0.39 is 0 Å². The van der Waals surface area contributed by atoms with Gasteiger partial charge in [-0.3, -0.25) is 0 Å². The molecule has 2 heteroatoms. The minimum Gasteiger partial charge on any atom is -0.356 e. The van der Waals surface area contributed by atoms with E-state index in [1.165, 1.54) is 27.8 Å². The molecule has 0 aliphatic heterocycles. The molecule has 0 bridgehead atoms. The Balaban J connectivity index is 2.01. The summed E-state index contributed by atoms with van der Waals surface area (Å²) in [5, 5.41) is 0. The average molecular weight is 270 g/mol. The van der Waals surface area contributed by atoms with E-state index in [0.717, 1.165) is 25.7 Å². The van der Waals surface area contributed by atoms with Gasteiger partial charge in [-0.05, 0) is 60.4 Å². The highest BCUT2D eigenvalue weighted by Gasteiger charge is 2.18. The number of hydrogen-bond acceptors (Lipinski definition) is 2. The minimum absolute atomic E-state index is 0.165. The molecule has 1 unspecified atom stereocenters. The molecule has 2 aliphatic carbocycles. The number of hydrogen-bond donors (Lipinski definition) is 0. The van der Waals surface area contributed by atoms with Crippen LogP contribution in [0.1, 0.15) is 47.6 Å². The summed E-state index contributed by atoms with van der Waals surface area (Å²) in [4.78, 5) is 0. The van der Waals surface area contributed by atoms with Crippen LogP contribution in [0.3, 0.4) is 0 Å². The van der Waals surface area contributed by atoms with Gasteiger partial charge in [0.15, 0.2) is 6.29 Å². The third-order valence-corrected chi connectivity index (χ3v) is 4.21. The summed E-state index contributed by atoms with van der Waals surface area (Å²) in [6.45, 7) is 2.56. The van der Waals surface area contributed by atoms with Crippen molar-refractivity contribution in [3.63, 3.8) is 0 Å². The van der Waals surface area contributed by atoms with E-state index in [2.05, 4.69) is 30.4 Å². The van der Waals surface area contributed by atoms with Crippen molar-refractivity contribution >= 4 is 12.2 Å². The summed E-state index contributed by atoms with van der Waals surface area (Å²) < 4.78 is 11.0. The van der Waals surface area contributed by atoms with Crippen molar-refractivity contribution in [3.05, 3.63) is 46.0 Å². The first-order valence-electron chi connectivity index (χ1n) is 7.44. The van der Waals surface area contributed by atoms with Gasteiger partial charge in [0.25, 0.3) is 0 Å². The molecule has 0 aromatic heterocycles. The van der Waals surface area contributed by atoms with Gasteiger partial charge in [0.2, 0.25) is 0 Å². The molecule has 0 heterocycles. The van der Waals surface area contributed by atoms with Crippen LogP contribution >= 0.6 is 0 Å². The predicted octanol–water partition coefficient (Wildman–Crippen LogP) is 4.11. The maximum absolute atomic E-state index is 5.82. The third-order valence-electron chi connectivity index (χ3n) is 4.21. The molecule has 3 rings (SSSR count). The summed E-state index contributed by atoms with van der Waals surface area (Å²) >= 11 is 0. The summed E-state index contributed by atoms with van der Waals surface area (Å²) in [7, 11) is 1.68. The highest BCUT2D eigenvalue weighted by molar-refractivity contribution is 5.71. The average Bonchev–Trinajstić information content (AvgIpc) is 2.51. The molecule has 2 aliphatic rings. The molecule has 0 spiro atoms. The fourth-order valence-corrected chi connectivity index (χ4v) is 3.03. The normalized spacial score (nSPS) is 17.7. The molecule has 0 amide bonds. The molecule has 2 nitrogen and oxygen atoms in total. The van der Waals surface area contributed by atoms with E-state index in [1.807, 2.05) is 6.92 Å². The molecule has 0 N–H and O–H groups in total. The second kappa shape index (κ2) is 5.94. The molecule has 0 radical (unpaired) electrons. The zero-order chi connectivity index (χ0) is 13.9. The first-order chi connectivity index (χ1) is 9.79. The van der Waals surface area contributed by atoms with E-state index >= 15 is 0 Å². The summed E-state index contributed by atoms with van der Waals surface area (Å²) in [6.07, 6.45) is 13.5. The van der Waals surface area contributed by atoms with Crippen molar-refractivity contribution in [3.8, 4) is 0 Å². The lowest BCUT2D eigenvalue weighted by atomic mass is 9.84. The smallest absolute Gasteiger partial charge is 0.154 e. The van der Waals surface area contributed by atoms with Gasteiger partial charge in [-0.1, -0.05) is 30.4 Å². The van der Waals surface area contributed by atoms with Gasteiger partial charge in [0.1, 0.15) is 0 Å². The topological polar surface area (TPSA) is 18.5 Å². The van der Waals surface area contributed by atoms with Crippen LogP contribution in [0.4, 0.5) is 0 Å². The van der Waals surface area contributed by atoms with Crippen molar-refractivity contribution in [2.45, 2.75) is 45.5 Å². The molecule has 0 saturated heterocycles. The third kappa shape index (κ3) is 2.58. The zero-order valence-electron chi connectivity index (χ0n) is 12.3. The summed E-state index contributed by atoms with van der Waals surface area (Å²) in [6, 6.07) is 2.40. The number of fused-ring (bicyclic) bond motifs is 2.